The molecule has 0 aliphatic rings. The van der Waals surface area contributed by atoms with Crippen molar-refractivity contribution in [3.63, 3.8) is 0 Å². The number of nitrogens with zero attached hydrogens (tertiary/aromatic N) is 1. The molecule has 0 saturated heterocycles. The Morgan fingerprint density at radius 3 is 3.07 bits per heavy atom. The van der Waals surface area contributed by atoms with Crippen LogP contribution < -0.4 is 0 Å². The van der Waals surface area contributed by atoms with E-state index in [9.17, 15) is 4.79 Å². The van der Waals surface area contributed by atoms with Crippen molar-refractivity contribution in [3.05, 3.63) is 27.8 Å². The van der Waals surface area contributed by atoms with E-state index in [1.54, 1.807) is 12.4 Å². The van der Waals surface area contributed by atoms with Gasteiger partial charge in [0.05, 0.1) is 11.6 Å². The second-order valence-electron chi connectivity index (χ2n) is 2.61. The molecule has 0 amide bonds. The summed E-state index contributed by atoms with van der Waals surface area (Å²) in [5.74, 6) is -0.321. The molecule has 0 aliphatic carbocycles. The molecule has 2 aromatic heterocycles. The van der Waals surface area contributed by atoms with Crippen LogP contribution in [-0.4, -0.2) is 18.1 Å². The van der Waals surface area contributed by atoms with Crippen molar-refractivity contribution in [2.45, 2.75) is 0 Å². The van der Waals surface area contributed by atoms with Crippen LogP contribution in [0.15, 0.2) is 22.9 Å². The van der Waals surface area contributed by atoms with Gasteiger partial charge in [0.15, 0.2) is 0 Å². The molecule has 0 unspecified atom stereocenters. The van der Waals surface area contributed by atoms with Crippen molar-refractivity contribution in [1.29, 1.82) is 0 Å². The lowest BCUT2D eigenvalue weighted by molar-refractivity contribution is 0.0605. The van der Waals surface area contributed by atoms with Crippen LogP contribution in [0, 0.1) is 0 Å². The maximum atomic E-state index is 11.3. The number of rotatable bonds is 1. The Morgan fingerprint density at radius 2 is 2.43 bits per heavy atom. The fourth-order valence-electron chi connectivity index (χ4n) is 1.14. The van der Waals surface area contributed by atoms with Gasteiger partial charge in [0.2, 0.25) is 0 Å². The number of aromatic nitrogens is 1. The maximum absolute atomic E-state index is 11.3. The molecule has 14 heavy (non-hydrogen) atoms. The highest BCUT2D eigenvalue weighted by molar-refractivity contribution is 9.10. The molecule has 0 saturated carbocycles. The Kier molecular flexibility index (Phi) is 2.52. The molecule has 0 N–H and O–H groups in total. The van der Waals surface area contributed by atoms with Gasteiger partial charge in [0, 0.05) is 22.5 Å². The average Bonchev–Trinajstić information content (AvgIpc) is 2.56. The molecular weight excluding hydrogens is 266 g/mol. The van der Waals surface area contributed by atoms with Crippen molar-refractivity contribution >= 4 is 43.3 Å². The lowest BCUT2D eigenvalue weighted by Gasteiger charge is -1.93. The maximum Gasteiger partial charge on any atom is 0.349 e. The molecule has 3 nitrogen and oxygen atoms in total. The van der Waals surface area contributed by atoms with E-state index >= 15 is 0 Å². The van der Waals surface area contributed by atoms with Crippen LogP contribution in [-0.2, 0) is 4.74 Å². The minimum atomic E-state index is -0.321. The molecule has 0 fully saturated rings. The van der Waals surface area contributed by atoms with Crippen molar-refractivity contribution in [3.8, 4) is 0 Å². The number of fused-ring (bicyclic) bond motifs is 1. The average molecular weight is 272 g/mol. The van der Waals surface area contributed by atoms with E-state index in [-0.39, 0.29) is 5.97 Å². The van der Waals surface area contributed by atoms with Gasteiger partial charge in [-0.25, -0.2) is 4.79 Å². The topological polar surface area (TPSA) is 39.2 Å². The molecule has 0 radical (unpaired) electrons. The number of hydrogen-bond donors (Lipinski definition) is 0. The zero-order valence-corrected chi connectivity index (χ0v) is 9.68. The Morgan fingerprint density at radius 1 is 1.64 bits per heavy atom. The third kappa shape index (κ3) is 1.42. The number of carbonyl (C=O) groups is 1. The molecule has 2 heterocycles. The molecule has 2 aromatic rings. The molecular formula is C9H6BrNO2S. The molecule has 0 bridgehead atoms. The molecule has 5 heteroatoms. The Balaban J connectivity index is 2.68. The SMILES string of the molecule is COC(=O)c1sc2ccncc2c1Br. The predicted octanol–water partition coefficient (Wildman–Crippen LogP) is 2.85. The number of ether oxygens (including phenoxy) is 1. The molecule has 0 aliphatic heterocycles. The normalized spacial score (nSPS) is 10.4. The van der Waals surface area contributed by atoms with Crippen molar-refractivity contribution in [1.82, 2.24) is 4.98 Å². The van der Waals surface area contributed by atoms with Gasteiger partial charge in [-0.1, -0.05) is 0 Å². The number of pyridine rings is 1. The van der Waals surface area contributed by atoms with Gasteiger partial charge >= 0.3 is 5.97 Å². The second kappa shape index (κ2) is 3.67. The summed E-state index contributed by atoms with van der Waals surface area (Å²) in [6.45, 7) is 0. The smallest absolute Gasteiger partial charge is 0.349 e. The van der Waals surface area contributed by atoms with Gasteiger partial charge in [0.1, 0.15) is 4.88 Å². The van der Waals surface area contributed by atoms with Gasteiger partial charge < -0.3 is 4.74 Å². The summed E-state index contributed by atoms with van der Waals surface area (Å²) in [4.78, 5) is 15.9. The van der Waals surface area contributed by atoms with E-state index in [4.69, 9.17) is 0 Å². The van der Waals surface area contributed by atoms with Gasteiger partial charge in [-0.15, -0.1) is 11.3 Å². The van der Waals surface area contributed by atoms with E-state index in [1.807, 2.05) is 6.07 Å². The number of carbonyl (C=O) groups excluding carboxylic acids is 1. The van der Waals surface area contributed by atoms with Crippen molar-refractivity contribution in [2.75, 3.05) is 7.11 Å². The summed E-state index contributed by atoms with van der Waals surface area (Å²) in [7, 11) is 1.37. The summed E-state index contributed by atoms with van der Waals surface area (Å²) in [6, 6.07) is 1.87. The lowest BCUT2D eigenvalue weighted by Crippen LogP contribution is -1.98. The second-order valence-corrected chi connectivity index (χ2v) is 4.45. The highest BCUT2D eigenvalue weighted by Gasteiger charge is 2.16. The minimum absolute atomic E-state index is 0.321. The van der Waals surface area contributed by atoms with Crippen LogP contribution >= 0.6 is 27.3 Å². The highest BCUT2D eigenvalue weighted by atomic mass is 79.9. The first-order valence-electron chi connectivity index (χ1n) is 3.84. The largest absolute Gasteiger partial charge is 0.465 e. The molecule has 0 atom stereocenters. The van der Waals surface area contributed by atoms with Gasteiger partial charge in [-0.05, 0) is 22.0 Å². The first-order valence-corrected chi connectivity index (χ1v) is 5.45. The number of esters is 1. The van der Waals surface area contributed by atoms with Crippen LogP contribution in [0.5, 0.6) is 0 Å². The number of methoxy groups -OCH3 is 1. The highest BCUT2D eigenvalue weighted by Crippen LogP contribution is 2.35. The first-order chi connectivity index (χ1) is 6.74. The van der Waals surface area contributed by atoms with Crippen LogP contribution in [0.3, 0.4) is 0 Å². The first kappa shape index (κ1) is 9.61. The summed E-state index contributed by atoms with van der Waals surface area (Å²) in [6.07, 6.45) is 3.43. The van der Waals surface area contributed by atoms with Gasteiger partial charge in [0.25, 0.3) is 0 Å². The predicted molar refractivity (Wildman–Crippen MR) is 58.7 cm³/mol. The zero-order valence-electron chi connectivity index (χ0n) is 7.28. The Bertz CT molecular complexity index is 495. The zero-order chi connectivity index (χ0) is 10.1. The van der Waals surface area contributed by atoms with Crippen molar-refractivity contribution in [2.24, 2.45) is 0 Å². The Hall–Kier alpha value is -0.940. The van der Waals surface area contributed by atoms with Crippen LogP contribution in [0.2, 0.25) is 0 Å². The molecule has 0 spiro atoms. The summed E-state index contributed by atoms with van der Waals surface area (Å²) < 4.78 is 6.45. The number of thiophene rings is 1. The third-order valence-electron chi connectivity index (χ3n) is 1.80. The molecule has 2 rings (SSSR count). The summed E-state index contributed by atoms with van der Waals surface area (Å²) in [5, 5.41) is 0.943. The van der Waals surface area contributed by atoms with Gasteiger partial charge in [-0.2, -0.15) is 0 Å². The van der Waals surface area contributed by atoms with E-state index < -0.39 is 0 Å². The third-order valence-corrected chi connectivity index (χ3v) is 4.04. The van der Waals surface area contributed by atoms with E-state index in [0.29, 0.717) is 4.88 Å². The van der Waals surface area contributed by atoms with E-state index in [1.165, 1.54) is 18.4 Å². The fourth-order valence-corrected chi connectivity index (χ4v) is 2.97. The standard InChI is InChI=1S/C9H6BrNO2S/c1-13-9(12)8-7(10)5-4-11-3-2-6(5)14-8/h2-4H,1H3. The number of halogens is 1. The van der Waals surface area contributed by atoms with Crippen LogP contribution in [0.4, 0.5) is 0 Å². The van der Waals surface area contributed by atoms with E-state index in [0.717, 1.165) is 14.6 Å². The van der Waals surface area contributed by atoms with Crippen LogP contribution in [0.25, 0.3) is 10.1 Å². The fraction of sp³-hybridized carbons (Fsp3) is 0.111. The minimum Gasteiger partial charge on any atom is -0.465 e. The summed E-state index contributed by atoms with van der Waals surface area (Å²) >= 11 is 4.76. The molecule has 0 aromatic carbocycles. The lowest BCUT2D eigenvalue weighted by atomic mass is 10.3. The quantitative estimate of drug-likeness (QED) is 0.749. The van der Waals surface area contributed by atoms with Crippen LogP contribution in [0.1, 0.15) is 9.67 Å². The number of hydrogen-bond acceptors (Lipinski definition) is 4. The van der Waals surface area contributed by atoms with E-state index in [2.05, 4.69) is 25.7 Å². The monoisotopic (exact) mass is 271 g/mol. The van der Waals surface area contributed by atoms with Gasteiger partial charge in [-0.3, -0.25) is 4.98 Å². The summed E-state index contributed by atoms with van der Waals surface area (Å²) in [5.41, 5.74) is 0. The Labute approximate surface area is 92.8 Å². The van der Waals surface area contributed by atoms with Crippen molar-refractivity contribution < 1.29 is 9.53 Å². The molecule has 72 valence electrons.